The highest BCUT2D eigenvalue weighted by Gasteiger charge is 2.06. The Hall–Kier alpha value is -2.09. The molecular weight excluding hydrogens is 212 g/mol. The molecular formula is C15H14O2. The Morgan fingerprint density at radius 2 is 1.88 bits per heavy atom. The molecule has 0 aliphatic rings. The quantitative estimate of drug-likeness (QED) is 0.749. The van der Waals surface area contributed by atoms with Crippen LogP contribution >= 0.6 is 0 Å². The van der Waals surface area contributed by atoms with Crippen LogP contribution in [-0.4, -0.2) is 13.4 Å². The Bertz CT molecular complexity index is 504. The largest absolute Gasteiger partial charge is 0.497 e. The van der Waals surface area contributed by atoms with Gasteiger partial charge in [-0.2, -0.15) is 0 Å². The SMILES string of the molecule is COc1ccc(-c2ccccc2)c(CC=O)c1. The number of methoxy groups -OCH3 is 1. The van der Waals surface area contributed by atoms with Crippen molar-refractivity contribution in [2.45, 2.75) is 6.42 Å². The van der Waals surface area contributed by atoms with Crippen LogP contribution in [0.4, 0.5) is 0 Å². The summed E-state index contributed by atoms with van der Waals surface area (Å²) in [6.07, 6.45) is 1.32. The van der Waals surface area contributed by atoms with Gasteiger partial charge >= 0.3 is 0 Å². The minimum Gasteiger partial charge on any atom is -0.497 e. The summed E-state index contributed by atoms with van der Waals surface area (Å²) in [6.45, 7) is 0. The zero-order valence-electron chi connectivity index (χ0n) is 9.72. The summed E-state index contributed by atoms with van der Waals surface area (Å²) in [5, 5.41) is 0. The lowest BCUT2D eigenvalue weighted by Crippen LogP contribution is -1.93. The Kier molecular flexibility index (Phi) is 3.55. The lowest BCUT2D eigenvalue weighted by Gasteiger charge is -2.09. The van der Waals surface area contributed by atoms with Crippen LogP contribution in [0, 0.1) is 0 Å². The van der Waals surface area contributed by atoms with Crippen LogP contribution in [0.2, 0.25) is 0 Å². The van der Waals surface area contributed by atoms with Crippen LogP contribution in [0.25, 0.3) is 11.1 Å². The Morgan fingerprint density at radius 3 is 2.53 bits per heavy atom. The molecule has 0 saturated carbocycles. The number of hydrogen-bond donors (Lipinski definition) is 0. The summed E-state index contributed by atoms with van der Waals surface area (Å²) in [7, 11) is 1.63. The summed E-state index contributed by atoms with van der Waals surface area (Å²) >= 11 is 0. The molecule has 0 bridgehead atoms. The standard InChI is InChI=1S/C15H14O2/c1-17-14-7-8-15(13(11-14)9-10-16)12-5-3-2-4-6-12/h2-8,10-11H,9H2,1H3. The van der Waals surface area contributed by atoms with E-state index in [4.69, 9.17) is 4.74 Å². The molecule has 86 valence electrons. The Morgan fingerprint density at radius 1 is 1.12 bits per heavy atom. The van der Waals surface area contributed by atoms with Gasteiger partial charge in [0.1, 0.15) is 12.0 Å². The maximum absolute atomic E-state index is 10.7. The second kappa shape index (κ2) is 5.30. The van der Waals surface area contributed by atoms with Crippen molar-refractivity contribution in [2.24, 2.45) is 0 Å². The molecule has 2 heteroatoms. The van der Waals surface area contributed by atoms with E-state index in [9.17, 15) is 4.79 Å². The number of ether oxygens (including phenoxy) is 1. The van der Waals surface area contributed by atoms with Gasteiger partial charge in [-0.3, -0.25) is 0 Å². The Balaban J connectivity index is 2.49. The zero-order chi connectivity index (χ0) is 12.1. The Labute approximate surface area is 101 Å². The number of benzene rings is 2. The van der Waals surface area contributed by atoms with Crippen LogP contribution in [0.15, 0.2) is 48.5 Å². The number of carbonyl (C=O) groups excluding carboxylic acids is 1. The summed E-state index contributed by atoms with van der Waals surface area (Å²) in [6, 6.07) is 15.9. The van der Waals surface area contributed by atoms with E-state index in [1.807, 2.05) is 48.5 Å². The molecule has 0 aliphatic heterocycles. The maximum Gasteiger partial charge on any atom is 0.124 e. The van der Waals surface area contributed by atoms with Gasteiger partial charge in [-0.05, 0) is 28.8 Å². The first-order valence-electron chi connectivity index (χ1n) is 5.51. The van der Waals surface area contributed by atoms with Gasteiger partial charge in [-0.1, -0.05) is 36.4 Å². The first kappa shape index (κ1) is 11.4. The monoisotopic (exact) mass is 226 g/mol. The maximum atomic E-state index is 10.7. The second-order valence-corrected chi connectivity index (χ2v) is 3.76. The second-order valence-electron chi connectivity index (χ2n) is 3.76. The molecule has 0 spiro atoms. The van der Waals surface area contributed by atoms with Crippen molar-refractivity contribution in [3.05, 3.63) is 54.1 Å². The molecule has 2 rings (SSSR count). The normalized spacial score (nSPS) is 9.94. The van der Waals surface area contributed by atoms with Crippen LogP contribution < -0.4 is 4.74 Å². The van der Waals surface area contributed by atoms with Gasteiger partial charge in [0.2, 0.25) is 0 Å². The van der Waals surface area contributed by atoms with Crippen molar-refractivity contribution >= 4 is 6.29 Å². The van der Waals surface area contributed by atoms with Crippen molar-refractivity contribution in [3.8, 4) is 16.9 Å². The molecule has 0 amide bonds. The zero-order valence-corrected chi connectivity index (χ0v) is 9.72. The van der Waals surface area contributed by atoms with E-state index in [0.29, 0.717) is 6.42 Å². The fourth-order valence-electron chi connectivity index (χ4n) is 1.86. The minimum atomic E-state index is 0.404. The average Bonchev–Trinajstić information content (AvgIpc) is 2.40. The van der Waals surface area contributed by atoms with Gasteiger partial charge in [0, 0.05) is 6.42 Å². The molecule has 0 unspecified atom stereocenters. The van der Waals surface area contributed by atoms with E-state index in [1.165, 1.54) is 0 Å². The highest BCUT2D eigenvalue weighted by molar-refractivity contribution is 5.72. The third-order valence-electron chi connectivity index (χ3n) is 2.70. The number of carbonyl (C=O) groups is 1. The summed E-state index contributed by atoms with van der Waals surface area (Å²) < 4.78 is 5.18. The van der Waals surface area contributed by atoms with E-state index in [2.05, 4.69) is 0 Å². The van der Waals surface area contributed by atoms with Gasteiger partial charge in [-0.25, -0.2) is 0 Å². The van der Waals surface area contributed by atoms with Crippen molar-refractivity contribution in [3.63, 3.8) is 0 Å². The number of aldehydes is 1. The lowest BCUT2D eigenvalue weighted by atomic mass is 9.98. The summed E-state index contributed by atoms with van der Waals surface area (Å²) in [5.41, 5.74) is 3.19. The third-order valence-corrected chi connectivity index (χ3v) is 2.70. The minimum absolute atomic E-state index is 0.404. The van der Waals surface area contributed by atoms with Crippen LogP contribution in [-0.2, 0) is 11.2 Å². The topological polar surface area (TPSA) is 26.3 Å². The van der Waals surface area contributed by atoms with Crippen LogP contribution in [0.3, 0.4) is 0 Å². The van der Waals surface area contributed by atoms with Crippen LogP contribution in [0.1, 0.15) is 5.56 Å². The molecule has 0 atom stereocenters. The summed E-state index contributed by atoms with van der Waals surface area (Å²) in [4.78, 5) is 10.7. The molecule has 0 heterocycles. The van der Waals surface area contributed by atoms with E-state index in [-0.39, 0.29) is 0 Å². The fraction of sp³-hybridized carbons (Fsp3) is 0.133. The molecule has 2 aromatic rings. The molecule has 2 nitrogen and oxygen atoms in total. The predicted molar refractivity (Wildman–Crippen MR) is 68.2 cm³/mol. The molecule has 0 N–H and O–H groups in total. The number of rotatable bonds is 4. The van der Waals surface area contributed by atoms with Gasteiger partial charge in [0.25, 0.3) is 0 Å². The predicted octanol–water partition coefficient (Wildman–Crippen LogP) is 3.10. The molecule has 0 aromatic heterocycles. The van der Waals surface area contributed by atoms with Gasteiger partial charge in [-0.15, -0.1) is 0 Å². The molecule has 0 radical (unpaired) electrons. The van der Waals surface area contributed by atoms with Crippen LogP contribution in [0.5, 0.6) is 5.75 Å². The summed E-state index contributed by atoms with van der Waals surface area (Å²) in [5.74, 6) is 0.779. The highest BCUT2D eigenvalue weighted by atomic mass is 16.5. The smallest absolute Gasteiger partial charge is 0.124 e. The highest BCUT2D eigenvalue weighted by Crippen LogP contribution is 2.27. The molecule has 2 aromatic carbocycles. The van der Waals surface area contributed by atoms with Gasteiger partial charge in [0.15, 0.2) is 0 Å². The third kappa shape index (κ3) is 2.53. The number of hydrogen-bond acceptors (Lipinski definition) is 2. The molecule has 0 fully saturated rings. The van der Waals surface area contributed by atoms with Crippen molar-refractivity contribution in [2.75, 3.05) is 7.11 Å². The van der Waals surface area contributed by atoms with Crippen molar-refractivity contribution in [1.82, 2.24) is 0 Å². The van der Waals surface area contributed by atoms with Gasteiger partial charge < -0.3 is 9.53 Å². The van der Waals surface area contributed by atoms with E-state index in [1.54, 1.807) is 7.11 Å². The fourth-order valence-corrected chi connectivity index (χ4v) is 1.86. The van der Waals surface area contributed by atoms with E-state index in [0.717, 1.165) is 28.7 Å². The molecule has 17 heavy (non-hydrogen) atoms. The first-order chi connectivity index (χ1) is 8.35. The first-order valence-corrected chi connectivity index (χ1v) is 5.51. The van der Waals surface area contributed by atoms with Crippen molar-refractivity contribution < 1.29 is 9.53 Å². The van der Waals surface area contributed by atoms with E-state index >= 15 is 0 Å². The molecule has 0 saturated heterocycles. The van der Waals surface area contributed by atoms with Gasteiger partial charge in [0.05, 0.1) is 7.11 Å². The molecule has 0 aliphatic carbocycles. The lowest BCUT2D eigenvalue weighted by molar-refractivity contribution is -0.107. The average molecular weight is 226 g/mol. The van der Waals surface area contributed by atoms with E-state index < -0.39 is 0 Å². The van der Waals surface area contributed by atoms with Crippen molar-refractivity contribution in [1.29, 1.82) is 0 Å².